The van der Waals surface area contributed by atoms with Crippen LogP contribution in [0.4, 0.5) is 0 Å². The Morgan fingerprint density at radius 2 is 2.15 bits per heavy atom. The molecule has 4 heterocycles. The number of carbonyl (C=O) groups is 1. The molecule has 2 aliphatic rings. The Bertz CT molecular complexity index is 800. The molecule has 0 bridgehead atoms. The van der Waals surface area contributed by atoms with Crippen LogP contribution in [0.5, 0.6) is 0 Å². The van der Waals surface area contributed by atoms with Gasteiger partial charge in [-0.15, -0.1) is 10.2 Å². The lowest BCUT2D eigenvalue weighted by Crippen LogP contribution is -2.41. The molecule has 0 unspecified atom stereocenters. The van der Waals surface area contributed by atoms with Gasteiger partial charge >= 0.3 is 0 Å². The van der Waals surface area contributed by atoms with Gasteiger partial charge in [-0.25, -0.2) is 0 Å². The molecular formula is C18H23N5O3. The van der Waals surface area contributed by atoms with Crippen molar-refractivity contribution in [3.8, 4) is 0 Å². The van der Waals surface area contributed by atoms with Gasteiger partial charge in [0.2, 0.25) is 0 Å². The molecule has 1 saturated heterocycles. The van der Waals surface area contributed by atoms with E-state index < -0.39 is 0 Å². The number of aliphatic hydroxyl groups excluding tert-OH is 1. The highest BCUT2D eigenvalue weighted by atomic mass is 16.5. The van der Waals surface area contributed by atoms with E-state index in [1.54, 1.807) is 23.2 Å². The third-order valence-corrected chi connectivity index (χ3v) is 5.15. The van der Waals surface area contributed by atoms with Crippen LogP contribution in [0.25, 0.3) is 0 Å². The second kappa shape index (κ2) is 7.13. The van der Waals surface area contributed by atoms with E-state index in [2.05, 4.69) is 26.7 Å². The molecule has 26 heavy (non-hydrogen) atoms. The molecule has 1 N–H and O–H groups in total. The van der Waals surface area contributed by atoms with E-state index in [4.69, 9.17) is 4.74 Å². The van der Waals surface area contributed by atoms with Crippen LogP contribution in [0, 0.1) is 0 Å². The zero-order chi connectivity index (χ0) is 18.1. The van der Waals surface area contributed by atoms with Crippen molar-refractivity contribution >= 4 is 5.91 Å². The molecule has 2 aromatic heterocycles. The van der Waals surface area contributed by atoms with Gasteiger partial charge in [-0.2, -0.15) is 0 Å². The van der Waals surface area contributed by atoms with Gasteiger partial charge in [-0.05, 0) is 37.5 Å². The van der Waals surface area contributed by atoms with Gasteiger partial charge in [0.15, 0.2) is 5.82 Å². The molecular weight excluding hydrogens is 334 g/mol. The first-order valence-corrected chi connectivity index (χ1v) is 9.04. The average molecular weight is 357 g/mol. The number of rotatable bonds is 3. The van der Waals surface area contributed by atoms with Crippen molar-refractivity contribution in [2.45, 2.75) is 44.9 Å². The normalized spacial score (nSPS) is 20.8. The van der Waals surface area contributed by atoms with Gasteiger partial charge in [0.05, 0.1) is 19.2 Å². The van der Waals surface area contributed by atoms with E-state index in [0.29, 0.717) is 30.3 Å². The SMILES string of the molecule is C[C@H]1CN(C(=O)c2cc(CO)ccn2)Cc2nnc(C3CCOCC3)n21. The van der Waals surface area contributed by atoms with Gasteiger partial charge in [-0.1, -0.05) is 0 Å². The number of aliphatic hydroxyl groups is 1. The Morgan fingerprint density at radius 3 is 2.92 bits per heavy atom. The lowest BCUT2D eigenvalue weighted by Gasteiger charge is -2.33. The van der Waals surface area contributed by atoms with E-state index in [0.717, 1.165) is 37.7 Å². The van der Waals surface area contributed by atoms with Crippen LogP contribution in [-0.4, -0.2) is 55.4 Å². The van der Waals surface area contributed by atoms with Crippen LogP contribution < -0.4 is 0 Å². The van der Waals surface area contributed by atoms with Crippen molar-refractivity contribution in [2.75, 3.05) is 19.8 Å². The van der Waals surface area contributed by atoms with Crippen LogP contribution in [0.15, 0.2) is 18.3 Å². The van der Waals surface area contributed by atoms with Crippen LogP contribution in [0.1, 0.15) is 59.4 Å². The average Bonchev–Trinajstić information content (AvgIpc) is 3.13. The summed E-state index contributed by atoms with van der Waals surface area (Å²) >= 11 is 0. The first-order valence-electron chi connectivity index (χ1n) is 9.04. The van der Waals surface area contributed by atoms with Crippen molar-refractivity contribution in [1.29, 1.82) is 0 Å². The molecule has 0 radical (unpaired) electrons. The lowest BCUT2D eigenvalue weighted by molar-refractivity contribution is 0.0663. The lowest BCUT2D eigenvalue weighted by atomic mass is 9.99. The summed E-state index contributed by atoms with van der Waals surface area (Å²) in [5, 5.41) is 18.1. The Labute approximate surface area is 151 Å². The van der Waals surface area contributed by atoms with Crippen molar-refractivity contribution in [3.05, 3.63) is 41.2 Å². The van der Waals surface area contributed by atoms with E-state index in [1.807, 2.05) is 0 Å². The van der Waals surface area contributed by atoms with E-state index >= 15 is 0 Å². The topological polar surface area (TPSA) is 93.4 Å². The summed E-state index contributed by atoms with van der Waals surface area (Å²) in [5.74, 6) is 2.06. The summed E-state index contributed by atoms with van der Waals surface area (Å²) in [6.45, 7) is 4.52. The highest BCUT2D eigenvalue weighted by molar-refractivity contribution is 5.92. The highest BCUT2D eigenvalue weighted by Gasteiger charge is 2.32. The summed E-state index contributed by atoms with van der Waals surface area (Å²) in [4.78, 5) is 18.8. The molecule has 1 atom stereocenters. The number of carbonyl (C=O) groups excluding carboxylic acids is 1. The molecule has 0 saturated carbocycles. The highest BCUT2D eigenvalue weighted by Crippen LogP contribution is 2.31. The maximum atomic E-state index is 12.8. The number of amides is 1. The Kier molecular flexibility index (Phi) is 4.69. The number of nitrogens with zero attached hydrogens (tertiary/aromatic N) is 5. The number of hydrogen-bond acceptors (Lipinski definition) is 6. The number of fused-ring (bicyclic) bond motifs is 1. The second-order valence-corrected chi connectivity index (χ2v) is 6.97. The predicted octanol–water partition coefficient (Wildman–Crippen LogP) is 1.28. The van der Waals surface area contributed by atoms with E-state index in [1.165, 1.54) is 0 Å². The van der Waals surface area contributed by atoms with Gasteiger partial charge in [0.25, 0.3) is 5.91 Å². The quantitative estimate of drug-likeness (QED) is 0.889. The number of ether oxygens (including phenoxy) is 1. The van der Waals surface area contributed by atoms with Crippen LogP contribution in [0.2, 0.25) is 0 Å². The number of pyridine rings is 1. The second-order valence-electron chi connectivity index (χ2n) is 6.97. The minimum absolute atomic E-state index is 0.108. The van der Waals surface area contributed by atoms with E-state index in [-0.39, 0.29) is 18.6 Å². The molecule has 1 amide bonds. The summed E-state index contributed by atoms with van der Waals surface area (Å²) < 4.78 is 7.64. The molecule has 138 valence electrons. The summed E-state index contributed by atoms with van der Waals surface area (Å²) in [7, 11) is 0. The predicted molar refractivity (Wildman–Crippen MR) is 92.4 cm³/mol. The van der Waals surface area contributed by atoms with Gasteiger partial charge in [0.1, 0.15) is 11.5 Å². The summed E-state index contributed by atoms with van der Waals surface area (Å²) in [6.07, 6.45) is 3.48. The Morgan fingerprint density at radius 1 is 1.35 bits per heavy atom. The van der Waals surface area contributed by atoms with Crippen molar-refractivity contribution in [3.63, 3.8) is 0 Å². The third-order valence-electron chi connectivity index (χ3n) is 5.15. The molecule has 2 aliphatic heterocycles. The van der Waals surface area contributed by atoms with Crippen LogP contribution >= 0.6 is 0 Å². The summed E-state index contributed by atoms with van der Waals surface area (Å²) in [6, 6.07) is 3.45. The molecule has 4 rings (SSSR count). The first kappa shape index (κ1) is 17.1. The zero-order valence-electron chi connectivity index (χ0n) is 14.8. The third kappa shape index (κ3) is 3.10. The first-order chi connectivity index (χ1) is 12.7. The molecule has 2 aromatic rings. The molecule has 0 aromatic carbocycles. The minimum Gasteiger partial charge on any atom is -0.392 e. The van der Waals surface area contributed by atoms with Crippen LogP contribution in [0.3, 0.4) is 0 Å². The fraction of sp³-hybridized carbons (Fsp3) is 0.556. The fourth-order valence-corrected chi connectivity index (χ4v) is 3.80. The maximum Gasteiger partial charge on any atom is 0.272 e. The van der Waals surface area contributed by atoms with Crippen molar-refractivity contribution in [1.82, 2.24) is 24.6 Å². The van der Waals surface area contributed by atoms with Crippen LogP contribution in [-0.2, 0) is 17.9 Å². The molecule has 8 heteroatoms. The Hall–Kier alpha value is -2.32. The largest absolute Gasteiger partial charge is 0.392 e. The summed E-state index contributed by atoms with van der Waals surface area (Å²) in [5.41, 5.74) is 1.03. The smallest absolute Gasteiger partial charge is 0.272 e. The van der Waals surface area contributed by atoms with Crippen molar-refractivity contribution < 1.29 is 14.6 Å². The van der Waals surface area contributed by atoms with Gasteiger partial charge in [0, 0.05) is 31.9 Å². The molecule has 0 aliphatic carbocycles. The maximum absolute atomic E-state index is 12.8. The molecule has 1 fully saturated rings. The number of hydrogen-bond donors (Lipinski definition) is 1. The van der Waals surface area contributed by atoms with Gasteiger partial charge in [-0.3, -0.25) is 9.78 Å². The molecule has 0 spiro atoms. The molecule has 8 nitrogen and oxygen atoms in total. The van der Waals surface area contributed by atoms with E-state index in [9.17, 15) is 9.90 Å². The standard InChI is InChI=1S/C18H23N5O3/c1-12-9-22(18(25)15-8-13(11-24)2-5-19-15)10-16-20-21-17(23(12)16)14-3-6-26-7-4-14/h2,5,8,12,14,24H,3-4,6-7,9-11H2,1H3/t12-/m0/s1. The fourth-order valence-electron chi connectivity index (χ4n) is 3.80. The Balaban J connectivity index is 1.56. The monoisotopic (exact) mass is 357 g/mol. The zero-order valence-corrected chi connectivity index (χ0v) is 14.8. The van der Waals surface area contributed by atoms with Crippen molar-refractivity contribution in [2.24, 2.45) is 0 Å². The minimum atomic E-state index is -0.144. The van der Waals surface area contributed by atoms with Gasteiger partial charge < -0.3 is 19.3 Å². The number of aromatic nitrogens is 4.